The maximum Gasteiger partial charge on any atom is 0.407 e. The number of nitrogens with zero attached hydrogens (tertiary/aromatic N) is 1. The Bertz CT molecular complexity index is 736. The summed E-state index contributed by atoms with van der Waals surface area (Å²) in [5.41, 5.74) is 2.23. The molecule has 152 valence electrons. The van der Waals surface area contributed by atoms with Crippen molar-refractivity contribution in [1.82, 2.24) is 10.6 Å². The summed E-state index contributed by atoms with van der Waals surface area (Å²) in [5, 5.41) is 17.6. The molecule has 0 fully saturated rings. The van der Waals surface area contributed by atoms with Crippen molar-refractivity contribution in [2.45, 2.75) is 53.1 Å². The molecule has 0 atom stereocenters. The summed E-state index contributed by atoms with van der Waals surface area (Å²) >= 11 is 0. The van der Waals surface area contributed by atoms with Crippen LogP contribution >= 0.6 is 0 Å². The molecule has 0 spiro atoms. The predicted octanol–water partition coefficient (Wildman–Crippen LogP) is 3.27. The Hall–Kier alpha value is -3.01. The van der Waals surface area contributed by atoms with Gasteiger partial charge in [0.1, 0.15) is 17.2 Å². The summed E-state index contributed by atoms with van der Waals surface area (Å²) in [7, 11) is 0. The third-order valence-electron chi connectivity index (χ3n) is 3.79. The fourth-order valence-corrected chi connectivity index (χ4v) is 2.46. The van der Waals surface area contributed by atoms with Gasteiger partial charge in [0.25, 0.3) is 5.91 Å². The van der Waals surface area contributed by atoms with Crippen LogP contribution in [0.25, 0.3) is 0 Å². The molecule has 0 aliphatic carbocycles. The molecule has 1 aromatic rings. The minimum absolute atomic E-state index is 0.0368. The summed E-state index contributed by atoms with van der Waals surface area (Å²) in [6.45, 7) is 10.0. The van der Waals surface area contributed by atoms with Gasteiger partial charge in [-0.25, -0.2) is 4.79 Å². The highest BCUT2D eigenvalue weighted by Crippen LogP contribution is 2.23. The second-order valence-electron chi connectivity index (χ2n) is 7.17. The number of ether oxygens (including phenoxy) is 1. The van der Waals surface area contributed by atoms with E-state index in [0.717, 1.165) is 29.7 Å². The van der Waals surface area contributed by atoms with Crippen molar-refractivity contribution in [3.63, 3.8) is 0 Å². The summed E-state index contributed by atoms with van der Waals surface area (Å²) in [6.07, 6.45) is 2.40. The van der Waals surface area contributed by atoms with Gasteiger partial charge in [-0.2, -0.15) is 5.26 Å². The Kier molecular flexibility index (Phi) is 9.03. The Morgan fingerprint density at radius 1 is 1.14 bits per heavy atom. The number of aryl methyl sites for hydroxylation is 2. The number of hydrogen-bond acceptors (Lipinski definition) is 5. The third kappa shape index (κ3) is 7.70. The van der Waals surface area contributed by atoms with Crippen molar-refractivity contribution in [3.8, 4) is 6.07 Å². The summed E-state index contributed by atoms with van der Waals surface area (Å²) in [5.74, 6) is -0.467. The maximum atomic E-state index is 12.5. The molecule has 1 rings (SSSR count). The van der Waals surface area contributed by atoms with Crippen LogP contribution < -0.4 is 16.0 Å². The lowest BCUT2D eigenvalue weighted by atomic mass is 10.0. The molecule has 1 aromatic carbocycles. The zero-order valence-corrected chi connectivity index (χ0v) is 17.3. The molecule has 0 unspecified atom stereocenters. The van der Waals surface area contributed by atoms with Crippen molar-refractivity contribution < 1.29 is 14.3 Å². The number of carbonyl (C=O) groups is 2. The predicted molar refractivity (Wildman–Crippen MR) is 110 cm³/mol. The molecule has 2 amide bonds. The average molecular weight is 386 g/mol. The monoisotopic (exact) mass is 386 g/mol. The summed E-state index contributed by atoms with van der Waals surface area (Å²) in [6, 6.07) is 7.80. The van der Waals surface area contributed by atoms with Crippen LogP contribution in [-0.4, -0.2) is 30.7 Å². The molecule has 0 saturated carbocycles. The fraction of sp³-hybridized carbons (Fsp3) is 0.476. The highest BCUT2D eigenvalue weighted by molar-refractivity contribution is 6.07. The first-order chi connectivity index (χ1) is 13.2. The van der Waals surface area contributed by atoms with Crippen LogP contribution in [0.5, 0.6) is 0 Å². The number of hydrogen-bond donors (Lipinski definition) is 3. The lowest BCUT2D eigenvalue weighted by Gasteiger charge is -2.19. The van der Waals surface area contributed by atoms with Crippen LogP contribution in [0.15, 0.2) is 30.0 Å². The topological polar surface area (TPSA) is 103 Å². The van der Waals surface area contributed by atoms with E-state index in [4.69, 9.17) is 4.74 Å². The number of nitriles is 1. The van der Waals surface area contributed by atoms with Crippen molar-refractivity contribution in [3.05, 3.63) is 41.1 Å². The van der Waals surface area contributed by atoms with Crippen molar-refractivity contribution in [1.29, 1.82) is 5.26 Å². The van der Waals surface area contributed by atoms with Gasteiger partial charge in [0.05, 0.1) is 0 Å². The number of alkyl carbamates (subject to hydrolysis) is 1. The van der Waals surface area contributed by atoms with E-state index in [1.54, 1.807) is 20.8 Å². The molecule has 0 aliphatic rings. The zero-order valence-electron chi connectivity index (χ0n) is 17.3. The van der Waals surface area contributed by atoms with E-state index in [-0.39, 0.29) is 5.57 Å². The van der Waals surface area contributed by atoms with E-state index >= 15 is 0 Å². The molecule has 3 N–H and O–H groups in total. The minimum Gasteiger partial charge on any atom is -0.444 e. The van der Waals surface area contributed by atoms with E-state index in [9.17, 15) is 14.9 Å². The smallest absolute Gasteiger partial charge is 0.407 e. The third-order valence-corrected chi connectivity index (χ3v) is 3.79. The number of anilines is 1. The second kappa shape index (κ2) is 11.0. The van der Waals surface area contributed by atoms with Crippen LogP contribution in [0.4, 0.5) is 10.5 Å². The van der Waals surface area contributed by atoms with Gasteiger partial charge in [-0.3, -0.25) is 4.79 Å². The van der Waals surface area contributed by atoms with Crippen LogP contribution in [0.1, 0.15) is 45.7 Å². The molecular formula is C21H30N4O3. The Labute approximate surface area is 167 Å². The van der Waals surface area contributed by atoms with E-state index in [1.807, 2.05) is 38.1 Å². The van der Waals surface area contributed by atoms with Gasteiger partial charge in [-0.05, 0) is 44.7 Å². The van der Waals surface area contributed by atoms with E-state index in [1.165, 1.54) is 6.20 Å². The molecule has 7 heteroatoms. The first-order valence-electron chi connectivity index (χ1n) is 9.44. The number of rotatable bonds is 8. The molecule has 0 heterocycles. The van der Waals surface area contributed by atoms with Gasteiger partial charge in [0.2, 0.25) is 0 Å². The molecule has 7 nitrogen and oxygen atoms in total. The molecule has 28 heavy (non-hydrogen) atoms. The Morgan fingerprint density at radius 2 is 1.75 bits per heavy atom. The highest BCUT2D eigenvalue weighted by atomic mass is 16.6. The van der Waals surface area contributed by atoms with Gasteiger partial charge in [-0.1, -0.05) is 32.0 Å². The quantitative estimate of drug-likeness (QED) is 0.361. The number of carbonyl (C=O) groups excluding carboxylic acids is 2. The van der Waals surface area contributed by atoms with Gasteiger partial charge >= 0.3 is 6.09 Å². The van der Waals surface area contributed by atoms with Crippen LogP contribution in [0.3, 0.4) is 0 Å². The van der Waals surface area contributed by atoms with E-state index in [2.05, 4.69) is 16.0 Å². The molecule has 0 saturated heterocycles. The number of benzene rings is 1. The fourth-order valence-electron chi connectivity index (χ4n) is 2.46. The molecule has 0 aromatic heterocycles. The largest absolute Gasteiger partial charge is 0.444 e. The number of nitrogens with one attached hydrogen (secondary N) is 3. The van der Waals surface area contributed by atoms with Crippen LogP contribution in [-0.2, 0) is 22.4 Å². The highest BCUT2D eigenvalue weighted by Gasteiger charge is 2.16. The van der Waals surface area contributed by atoms with Gasteiger partial charge in [0, 0.05) is 25.0 Å². The van der Waals surface area contributed by atoms with E-state index in [0.29, 0.717) is 13.1 Å². The molecule has 0 radical (unpaired) electrons. The second-order valence-corrected chi connectivity index (χ2v) is 7.17. The SMILES string of the molecule is CCc1cccc(CC)c1NC(=O)/C(C#N)=C\NCCNC(=O)OC(C)(C)C. The van der Waals surface area contributed by atoms with Crippen LogP contribution in [0, 0.1) is 11.3 Å². The summed E-state index contributed by atoms with van der Waals surface area (Å²) in [4.78, 5) is 24.0. The lowest BCUT2D eigenvalue weighted by molar-refractivity contribution is -0.112. The molecule has 0 bridgehead atoms. The van der Waals surface area contributed by atoms with Crippen molar-refractivity contribution >= 4 is 17.7 Å². The van der Waals surface area contributed by atoms with Crippen LogP contribution in [0.2, 0.25) is 0 Å². The van der Waals surface area contributed by atoms with Gasteiger partial charge in [0.15, 0.2) is 0 Å². The average Bonchev–Trinajstić information content (AvgIpc) is 2.63. The maximum absolute atomic E-state index is 12.5. The number of amides is 2. The van der Waals surface area contributed by atoms with E-state index < -0.39 is 17.6 Å². The first-order valence-corrected chi connectivity index (χ1v) is 9.44. The van der Waals surface area contributed by atoms with Gasteiger partial charge < -0.3 is 20.7 Å². The Morgan fingerprint density at radius 3 is 2.25 bits per heavy atom. The van der Waals surface area contributed by atoms with Gasteiger partial charge in [-0.15, -0.1) is 0 Å². The standard InChI is InChI=1S/C21H30N4O3/c1-6-15-9-8-10-16(7-2)18(15)25-19(26)17(13-22)14-23-11-12-24-20(27)28-21(3,4)5/h8-10,14,23H,6-7,11-12H2,1-5H3,(H,24,27)(H,25,26)/b17-14-. The molecular weight excluding hydrogens is 356 g/mol. The zero-order chi connectivity index (χ0) is 21.2. The lowest BCUT2D eigenvalue weighted by Crippen LogP contribution is -2.35. The molecule has 0 aliphatic heterocycles. The normalized spacial score (nSPS) is 11.4. The summed E-state index contributed by atoms with van der Waals surface area (Å²) < 4.78 is 5.13. The Balaban J connectivity index is 2.63. The first kappa shape index (κ1) is 23.0. The number of para-hydroxylation sites is 1. The van der Waals surface area contributed by atoms with Crippen molar-refractivity contribution in [2.75, 3.05) is 18.4 Å². The van der Waals surface area contributed by atoms with Crippen molar-refractivity contribution in [2.24, 2.45) is 0 Å². The minimum atomic E-state index is -0.560.